The number of aliphatic hydroxyl groups is 1. The molecular formula is C22H30N6O. The summed E-state index contributed by atoms with van der Waals surface area (Å²) >= 11 is 0. The highest BCUT2D eigenvalue weighted by molar-refractivity contribution is 5.71. The molecule has 2 aromatic heterocycles. The summed E-state index contributed by atoms with van der Waals surface area (Å²) in [6.45, 7) is 5.80. The fraction of sp³-hybridized carbons (Fsp3) is 0.682. The van der Waals surface area contributed by atoms with Crippen LogP contribution in [0.2, 0.25) is 0 Å². The minimum absolute atomic E-state index is 0.480. The molecule has 3 aliphatic rings. The van der Waals surface area contributed by atoms with E-state index in [1.165, 1.54) is 12.8 Å². The summed E-state index contributed by atoms with van der Waals surface area (Å²) in [5.74, 6) is 1.72. The second-order valence-electron chi connectivity index (χ2n) is 9.40. The summed E-state index contributed by atoms with van der Waals surface area (Å²) in [6.07, 6.45) is 9.49. The number of aromatic nitrogens is 3. The van der Waals surface area contributed by atoms with Crippen molar-refractivity contribution in [2.24, 2.45) is 5.92 Å². The molecule has 0 amide bonds. The van der Waals surface area contributed by atoms with Crippen LogP contribution in [-0.2, 0) is 6.42 Å². The third-order valence-corrected chi connectivity index (χ3v) is 7.11. The SMILES string of the molecule is C[C@]1(O)CC[C@@H](N2CCN(c3ccn4c(CC5CC5)nnc4c3C#N)CC2)CC1. The molecular weight excluding hydrogens is 364 g/mol. The molecule has 0 unspecified atom stereocenters. The molecule has 0 spiro atoms. The van der Waals surface area contributed by atoms with Gasteiger partial charge in [-0.05, 0) is 57.4 Å². The van der Waals surface area contributed by atoms with Crippen LogP contribution in [0.3, 0.4) is 0 Å². The lowest BCUT2D eigenvalue weighted by atomic mass is 9.83. The first-order valence-corrected chi connectivity index (χ1v) is 11.0. The quantitative estimate of drug-likeness (QED) is 0.858. The number of hydrogen-bond acceptors (Lipinski definition) is 6. The average molecular weight is 395 g/mol. The van der Waals surface area contributed by atoms with E-state index in [2.05, 4.69) is 32.1 Å². The van der Waals surface area contributed by atoms with Crippen molar-refractivity contribution in [1.29, 1.82) is 5.26 Å². The van der Waals surface area contributed by atoms with Crippen LogP contribution in [0.4, 0.5) is 5.69 Å². The summed E-state index contributed by atoms with van der Waals surface area (Å²) in [5, 5.41) is 28.8. The highest BCUT2D eigenvalue weighted by Gasteiger charge is 2.33. The number of anilines is 1. The van der Waals surface area contributed by atoms with Gasteiger partial charge >= 0.3 is 0 Å². The molecule has 7 nitrogen and oxygen atoms in total. The molecule has 0 radical (unpaired) electrons. The van der Waals surface area contributed by atoms with E-state index in [1.54, 1.807) is 0 Å². The van der Waals surface area contributed by atoms with Crippen molar-refractivity contribution in [3.63, 3.8) is 0 Å². The molecule has 0 atom stereocenters. The molecule has 2 aliphatic carbocycles. The van der Waals surface area contributed by atoms with E-state index in [-0.39, 0.29) is 0 Å². The van der Waals surface area contributed by atoms with Gasteiger partial charge < -0.3 is 10.0 Å². The minimum atomic E-state index is -0.480. The zero-order chi connectivity index (χ0) is 20.0. The van der Waals surface area contributed by atoms with Crippen molar-refractivity contribution in [3.8, 4) is 6.07 Å². The summed E-state index contributed by atoms with van der Waals surface area (Å²) in [5.41, 5.74) is 1.84. The van der Waals surface area contributed by atoms with Crippen LogP contribution in [0.25, 0.3) is 5.65 Å². The Morgan fingerprint density at radius 3 is 2.52 bits per heavy atom. The zero-order valence-corrected chi connectivity index (χ0v) is 17.2. The lowest BCUT2D eigenvalue weighted by molar-refractivity contribution is -0.00609. The Labute approximate surface area is 171 Å². The minimum Gasteiger partial charge on any atom is -0.390 e. The molecule has 2 aromatic rings. The van der Waals surface area contributed by atoms with E-state index < -0.39 is 5.60 Å². The van der Waals surface area contributed by atoms with Gasteiger partial charge in [-0.2, -0.15) is 5.26 Å². The van der Waals surface area contributed by atoms with Crippen molar-refractivity contribution in [1.82, 2.24) is 19.5 Å². The fourth-order valence-corrected chi connectivity index (χ4v) is 5.00. The molecule has 29 heavy (non-hydrogen) atoms. The van der Waals surface area contributed by atoms with E-state index in [9.17, 15) is 10.4 Å². The van der Waals surface area contributed by atoms with E-state index in [0.717, 1.165) is 75.7 Å². The highest BCUT2D eigenvalue weighted by Crippen LogP contribution is 2.34. The van der Waals surface area contributed by atoms with Crippen LogP contribution in [0.5, 0.6) is 0 Å². The topological polar surface area (TPSA) is 80.7 Å². The Kier molecular flexibility index (Phi) is 4.72. The van der Waals surface area contributed by atoms with E-state index >= 15 is 0 Å². The van der Waals surface area contributed by atoms with E-state index in [0.29, 0.717) is 17.3 Å². The Morgan fingerprint density at radius 1 is 1.14 bits per heavy atom. The van der Waals surface area contributed by atoms with Gasteiger partial charge in [0, 0.05) is 44.8 Å². The fourth-order valence-electron chi connectivity index (χ4n) is 5.00. The van der Waals surface area contributed by atoms with Gasteiger partial charge in [0.15, 0.2) is 5.65 Å². The van der Waals surface area contributed by atoms with Gasteiger partial charge in [-0.3, -0.25) is 9.30 Å². The smallest absolute Gasteiger partial charge is 0.180 e. The normalized spacial score (nSPS) is 28.6. The molecule has 1 aliphatic heterocycles. The Morgan fingerprint density at radius 2 is 1.86 bits per heavy atom. The van der Waals surface area contributed by atoms with E-state index in [1.807, 2.05) is 17.5 Å². The second-order valence-corrected chi connectivity index (χ2v) is 9.40. The lowest BCUT2D eigenvalue weighted by Crippen LogP contribution is -2.52. The van der Waals surface area contributed by atoms with Gasteiger partial charge in [0.25, 0.3) is 0 Å². The van der Waals surface area contributed by atoms with Gasteiger partial charge in [0.2, 0.25) is 0 Å². The largest absolute Gasteiger partial charge is 0.390 e. The number of fused-ring (bicyclic) bond motifs is 1. The first-order chi connectivity index (χ1) is 14.0. The number of rotatable bonds is 4. The van der Waals surface area contributed by atoms with Crippen LogP contribution in [-0.4, -0.2) is 62.4 Å². The second kappa shape index (κ2) is 7.26. The third-order valence-electron chi connectivity index (χ3n) is 7.11. The van der Waals surface area contributed by atoms with Crippen LogP contribution in [0.1, 0.15) is 56.8 Å². The average Bonchev–Trinajstić information content (AvgIpc) is 3.46. The van der Waals surface area contributed by atoms with Gasteiger partial charge in [-0.15, -0.1) is 10.2 Å². The van der Waals surface area contributed by atoms with Crippen LogP contribution >= 0.6 is 0 Å². The van der Waals surface area contributed by atoms with Gasteiger partial charge in [-0.1, -0.05) is 0 Å². The molecule has 0 aromatic carbocycles. The molecule has 154 valence electrons. The van der Waals surface area contributed by atoms with Gasteiger partial charge in [-0.25, -0.2) is 0 Å². The summed E-state index contributed by atoms with van der Waals surface area (Å²) in [7, 11) is 0. The summed E-state index contributed by atoms with van der Waals surface area (Å²) < 4.78 is 2.00. The van der Waals surface area contributed by atoms with Crippen molar-refractivity contribution >= 4 is 11.3 Å². The molecule has 3 heterocycles. The number of nitrogens with zero attached hydrogens (tertiary/aromatic N) is 6. The molecule has 3 fully saturated rings. The van der Waals surface area contributed by atoms with Gasteiger partial charge in [0.05, 0.1) is 11.3 Å². The molecule has 2 saturated carbocycles. The van der Waals surface area contributed by atoms with E-state index in [4.69, 9.17) is 0 Å². The monoisotopic (exact) mass is 394 g/mol. The summed E-state index contributed by atoms with van der Waals surface area (Å²) in [6, 6.07) is 5.04. The van der Waals surface area contributed by atoms with Crippen molar-refractivity contribution in [3.05, 3.63) is 23.7 Å². The zero-order valence-electron chi connectivity index (χ0n) is 17.2. The Balaban J connectivity index is 1.30. The number of nitriles is 1. The predicted molar refractivity (Wildman–Crippen MR) is 111 cm³/mol. The Bertz CT molecular complexity index is 923. The first-order valence-electron chi connectivity index (χ1n) is 11.0. The summed E-state index contributed by atoms with van der Waals surface area (Å²) in [4.78, 5) is 4.89. The maximum Gasteiger partial charge on any atom is 0.180 e. The first kappa shape index (κ1) is 18.8. The number of hydrogen-bond donors (Lipinski definition) is 1. The molecule has 7 heteroatoms. The number of piperazine rings is 1. The van der Waals surface area contributed by atoms with Crippen LogP contribution in [0, 0.1) is 17.2 Å². The predicted octanol–water partition coefficient (Wildman–Crippen LogP) is 2.37. The molecule has 1 saturated heterocycles. The Hall–Kier alpha value is -2.17. The number of pyridine rings is 1. The van der Waals surface area contributed by atoms with Crippen LogP contribution < -0.4 is 4.90 Å². The maximum absolute atomic E-state index is 10.2. The van der Waals surface area contributed by atoms with Crippen molar-refractivity contribution < 1.29 is 5.11 Å². The highest BCUT2D eigenvalue weighted by atomic mass is 16.3. The molecule has 0 bridgehead atoms. The maximum atomic E-state index is 10.2. The molecule has 5 rings (SSSR count). The van der Waals surface area contributed by atoms with Crippen molar-refractivity contribution in [2.75, 3.05) is 31.1 Å². The van der Waals surface area contributed by atoms with Crippen LogP contribution in [0.15, 0.2) is 12.3 Å². The third kappa shape index (κ3) is 3.72. The van der Waals surface area contributed by atoms with Crippen molar-refractivity contribution in [2.45, 2.75) is 63.5 Å². The standard InChI is InChI=1S/C22H30N6O/c1-22(29)7-4-17(5-8-22)26-10-12-27(13-11-26)19-6-9-28-20(14-16-2-3-16)24-25-21(28)18(19)15-23/h6,9,16-17,29H,2-5,7-8,10-14H2,1H3/t17-,22+. The molecule has 1 N–H and O–H groups in total. The lowest BCUT2D eigenvalue weighted by Gasteiger charge is -2.44. The van der Waals surface area contributed by atoms with Gasteiger partial charge in [0.1, 0.15) is 17.5 Å².